The molecule has 0 saturated heterocycles. The molecule has 0 N–H and O–H groups in total. The van der Waals surface area contributed by atoms with Crippen LogP contribution in [0, 0.1) is 0 Å². The zero-order valence-electron chi connectivity index (χ0n) is 7.54. The van der Waals surface area contributed by atoms with Crippen LogP contribution in [0.25, 0.3) is 0 Å². The molecule has 0 amide bonds. The Morgan fingerprint density at radius 1 is 0.583 bits per heavy atom. The van der Waals surface area contributed by atoms with E-state index in [1.54, 1.807) is 0 Å². The summed E-state index contributed by atoms with van der Waals surface area (Å²) in [5.41, 5.74) is 0. The van der Waals surface area contributed by atoms with E-state index in [0.717, 1.165) is 0 Å². The number of hydrogen-bond acceptors (Lipinski definition) is 0. The molecule has 0 spiro atoms. The lowest BCUT2D eigenvalue weighted by Gasteiger charge is -1.48. The molecule has 0 heterocycles. The van der Waals surface area contributed by atoms with Crippen LogP contribution < -0.4 is 0 Å². The molecule has 0 radical (unpaired) electrons. The van der Waals surface area contributed by atoms with E-state index in [9.17, 15) is 0 Å². The summed E-state index contributed by atoms with van der Waals surface area (Å²) in [4.78, 5) is 0. The SMILES string of the molecule is C.C.C.C1CC1.CCC.CCC. The maximum Gasteiger partial charge on any atom is -0.0533 e. The van der Waals surface area contributed by atoms with Crippen molar-refractivity contribution in [2.24, 2.45) is 0 Å². The molecule has 0 aromatic heterocycles. The van der Waals surface area contributed by atoms with Gasteiger partial charge in [-0.25, -0.2) is 0 Å². The molecule has 0 aromatic rings. The van der Waals surface area contributed by atoms with Crippen LogP contribution in [-0.4, -0.2) is 0 Å². The van der Waals surface area contributed by atoms with Crippen LogP contribution in [0.4, 0.5) is 0 Å². The third kappa shape index (κ3) is 810. The van der Waals surface area contributed by atoms with Crippen molar-refractivity contribution in [2.75, 3.05) is 0 Å². The molecule has 12 heavy (non-hydrogen) atoms. The van der Waals surface area contributed by atoms with Gasteiger partial charge in [0.05, 0.1) is 0 Å². The highest BCUT2D eigenvalue weighted by Crippen LogP contribution is 2.14. The summed E-state index contributed by atoms with van der Waals surface area (Å²) in [6, 6.07) is 0. The third-order valence-corrected chi connectivity index (χ3v) is 0.354. The van der Waals surface area contributed by atoms with E-state index in [2.05, 4.69) is 27.7 Å². The molecule has 1 fully saturated rings. The first-order chi connectivity index (χ1) is 4.33. The van der Waals surface area contributed by atoms with Gasteiger partial charge in [-0.3, -0.25) is 0 Å². The van der Waals surface area contributed by atoms with Gasteiger partial charge in [0.2, 0.25) is 0 Å². The van der Waals surface area contributed by atoms with E-state index in [4.69, 9.17) is 0 Å². The lowest BCUT2D eigenvalue weighted by atomic mass is 10.6. The first-order valence-corrected chi connectivity index (χ1v) is 4.33. The average Bonchev–Trinajstić information content (AvgIpc) is 2.48. The van der Waals surface area contributed by atoms with Crippen LogP contribution in [-0.2, 0) is 0 Å². The number of rotatable bonds is 0. The molecule has 0 bridgehead atoms. The summed E-state index contributed by atoms with van der Waals surface area (Å²) >= 11 is 0. The fourth-order valence-electron chi connectivity index (χ4n) is 0. The summed E-state index contributed by atoms with van der Waals surface area (Å²) in [5.74, 6) is 0. The molecule has 0 heteroatoms. The van der Waals surface area contributed by atoms with Gasteiger partial charge in [0.25, 0.3) is 0 Å². The maximum absolute atomic E-state index is 2.12. The van der Waals surface area contributed by atoms with Crippen LogP contribution in [0.5, 0.6) is 0 Å². The lowest BCUT2D eigenvalue weighted by Crippen LogP contribution is -1.27. The Morgan fingerprint density at radius 2 is 0.667 bits per heavy atom. The van der Waals surface area contributed by atoms with Crippen molar-refractivity contribution < 1.29 is 0 Å². The summed E-state index contributed by atoms with van der Waals surface area (Å²) in [6.45, 7) is 8.50. The Kier molecular flexibility index (Phi) is 109. The molecule has 1 aliphatic rings. The molecule has 1 aliphatic carbocycles. The minimum atomic E-state index is 0. The second-order valence-electron chi connectivity index (χ2n) is 2.47. The zero-order valence-corrected chi connectivity index (χ0v) is 7.54. The van der Waals surface area contributed by atoms with Crippen molar-refractivity contribution in [2.45, 2.75) is 82.1 Å². The van der Waals surface area contributed by atoms with Crippen LogP contribution in [0.2, 0.25) is 0 Å². The molecule has 0 nitrogen and oxygen atoms in total. The Morgan fingerprint density at radius 3 is 0.667 bits per heavy atom. The van der Waals surface area contributed by atoms with Crippen molar-refractivity contribution in [1.82, 2.24) is 0 Å². The summed E-state index contributed by atoms with van der Waals surface area (Å²) < 4.78 is 0. The van der Waals surface area contributed by atoms with Gasteiger partial charge in [0, 0.05) is 0 Å². The minimum absolute atomic E-state index is 0. The maximum atomic E-state index is 2.12. The Labute approximate surface area is 82.8 Å². The highest BCUT2D eigenvalue weighted by molar-refractivity contribution is 4.50. The average molecular weight is 178 g/mol. The fourth-order valence-corrected chi connectivity index (χ4v) is 0. The molecular weight excluding hydrogens is 144 g/mol. The Balaban J connectivity index is -0.0000000181. The van der Waals surface area contributed by atoms with E-state index >= 15 is 0 Å². The van der Waals surface area contributed by atoms with Gasteiger partial charge in [0.15, 0.2) is 0 Å². The summed E-state index contributed by atoms with van der Waals surface area (Å²) in [6.07, 6.45) is 7.00. The normalized spacial score (nSPS) is 9.00. The van der Waals surface area contributed by atoms with Crippen LogP contribution in [0.1, 0.15) is 82.1 Å². The van der Waals surface area contributed by atoms with Crippen LogP contribution >= 0.6 is 0 Å². The molecule has 0 atom stereocenters. The molecule has 0 aromatic carbocycles. The van der Waals surface area contributed by atoms with E-state index in [0.29, 0.717) is 0 Å². The van der Waals surface area contributed by atoms with Gasteiger partial charge in [-0.1, -0.05) is 82.1 Å². The van der Waals surface area contributed by atoms with E-state index < -0.39 is 0 Å². The summed E-state index contributed by atoms with van der Waals surface area (Å²) in [7, 11) is 0. The second-order valence-corrected chi connectivity index (χ2v) is 2.47. The largest absolute Gasteiger partial charge is 0.0776 e. The fraction of sp³-hybridized carbons (Fsp3) is 1.00. The monoisotopic (exact) mass is 178 g/mol. The molecule has 0 unspecified atom stereocenters. The van der Waals surface area contributed by atoms with Gasteiger partial charge in [0.1, 0.15) is 0 Å². The molecule has 1 rings (SSSR count). The zero-order chi connectivity index (χ0) is 7.54. The van der Waals surface area contributed by atoms with Crippen LogP contribution in [0.15, 0.2) is 0 Å². The van der Waals surface area contributed by atoms with Crippen molar-refractivity contribution in [3.05, 3.63) is 0 Å². The lowest BCUT2D eigenvalue weighted by molar-refractivity contribution is 1.09. The number of hydrogen-bond donors (Lipinski definition) is 0. The smallest absolute Gasteiger partial charge is 0.0533 e. The van der Waals surface area contributed by atoms with Gasteiger partial charge in [-0.15, -0.1) is 0 Å². The van der Waals surface area contributed by atoms with Crippen molar-refractivity contribution >= 4 is 0 Å². The van der Waals surface area contributed by atoms with Gasteiger partial charge >= 0.3 is 0 Å². The molecule has 82 valence electrons. The minimum Gasteiger partial charge on any atom is -0.0776 e. The summed E-state index contributed by atoms with van der Waals surface area (Å²) in [5, 5.41) is 0. The van der Waals surface area contributed by atoms with Crippen molar-refractivity contribution in [3.8, 4) is 0 Å². The van der Waals surface area contributed by atoms with Gasteiger partial charge < -0.3 is 0 Å². The Hall–Kier alpha value is 0. The predicted molar refractivity (Wildman–Crippen MR) is 66.0 cm³/mol. The van der Waals surface area contributed by atoms with Crippen molar-refractivity contribution in [3.63, 3.8) is 0 Å². The quantitative estimate of drug-likeness (QED) is 0.432. The first kappa shape index (κ1) is 29.6. The Bertz CT molecular complexity index is 16.5. The van der Waals surface area contributed by atoms with Crippen LogP contribution in [0.3, 0.4) is 0 Å². The van der Waals surface area contributed by atoms with E-state index in [1.165, 1.54) is 32.1 Å². The predicted octanol–water partition coefficient (Wildman–Crippen LogP) is 5.91. The molecule has 1 saturated carbocycles. The second kappa shape index (κ2) is 44.0. The van der Waals surface area contributed by atoms with E-state index in [1.807, 2.05) is 0 Å². The van der Waals surface area contributed by atoms with Gasteiger partial charge in [-0.2, -0.15) is 0 Å². The molecule has 0 aliphatic heterocycles. The highest BCUT2D eigenvalue weighted by Gasteiger charge is 1.95. The third-order valence-electron chi connectivity index (χ3n) is 0.354. The van der Waals surface area contributed by atoms with E-state index in [-0.39, 0.29) is 22.3 Å². The van der Waals surface area contributed by atoms with Gasteiger partial charge in [-0.05, 0) is 0 Å². The standard InChI is InChI=1S/C3H6.2C3H8.3CH4/c1-2-3-1;2*1-3-2;;;/h1-3H2;2*3H2,1-2H3;3*1H4. The topological polar surface area (TPSA) is 0 Å². The molecular formula is C12H34. The first-order valence-electron chi connectivity index (χ1n) is 4.33. The highest BCUT2D eigenvalue weighted by atomic mass is 14.0. The van der Waals surface area contributed by atoms with Crippen molar-refractivity contribution in [1.29, 1.82) is 0 Å².